The number of nitrogens with one attached hydrogen (secondary N) is 2. The van der Waals surface area contributed by atoms with Gasteiger partial charge in [-0.05, 0) is 67.1 Å². The third kappa shape index (κ3) is 5.04. The van der Waals surface area contributed by atoms with Crippen molar-refractivity contribution in [3.8, 4) is 22.6 Å². The summed E-state index contributed by atoms with van der Waals surface area (Å²) in [6.07, 6.45) is 0. The van der Waals surface area contributed by atoms with Gasteiger partial charge in [0.2, 0.25) is 5.91 Å². The molecule has 0 saturated carbocycles. The summed E-state index contributed by atoms with van der Waals surface area (Å²) in [6, 6.07) is 18.5. The average Bonchev–Trinajstić information content (AvgIpc) is 2.75. The largest absolute Gasteiger partial charge is 0.497 e. The number of halogens is 1. The van der Waals surface area contributed by atoms with Crippen LogP contribution in [0.4, 0.5) is 15.8 Å². The Balaban J connectivity index is 1.76. The zero-order valence-electron chi connectivity index (χ0n) is 16.5. The lowest BCUT2D eigenvalue weighted by Gasteiger charge is -2.17. The highest BCUT2D eigenvalue weighted by Crippen LogP contribution is 2.33. The van der Waals surface area contributed by atoms with Gasteiger partial charge in [0.25, 0.3) is 0 Å². The second-order valence-electron chi connectivity index (χ2n) is 6.51. The van der Waals surface area contributed by atoms with E-state index in [4.69, 9.17) is 9.47 Å². The van der Waals surface area contributed by atoms with Crippen molar-refractivity contribution in [2.45, 2.75) is 13.0 Å². The third-order valence-corrected chi connectivity index (χ3v) is 4.49. The Morgan fingerprint density at radius 2 is 1.55 bits per heavy atom. The lowest BCUT2D eigenvalue weighted by molar-refractivity contribution is -0.116. The number of hydrogen-bond donors (Lipinski definition) is 2. The van der Waals surface area contributed by atoms with Gasteiger partial charge in [0.1, 0.15) is 23.4 Å². The van der Waals surface area contributed by atoms with E-state index in [1.54, 1.807) is 21.1 Å². The highest BCUT2D eigenvalue weighted by molar-refractivity contribution is 5.96. The molecule has 1 amide bonds. The Kier molecular flexibility index (Phi) is 6.34. The van der Waals surface area contributed by atoms with Crippen LogP contribution in [0.5, 0.6) is 11.5 Å². The van der Waals surface area contributed by atoms with Crippen LogP contribution in [0.1, 0.15) is 6.92 Å². The molecule has 3 aromatic rings. The van der Waals surface area contributed by atoms with E-state index in [9.17, 15) is 9.18 Å². The van der Waals surface area contributed by atoms with E-state index < -0.39 is 6.04 Å². The van der Waals surface area contributed by atoms with E-state index in [1.165, 1.54) is 24.3 Å². The van der Waals surface area contributed by atoms with Gasteiger partial charge in [-0.3, -0.25) is 4.79 Å². The fraction of sp³-hybridized carbons (Fsp3) is 0.174. The molecule has 29 heavy (non-hydrogen) atoms. The molecule has 0 fully saturated rings. The van der Waals surface area contributed by atoms with Crippen molar-refractivity contribution in [3.05, 3.63) is 72.5 Å². The monoisotopic (exact) mass is 394 g/mol. The molecule has 1 atom stereocenters. The Labute approximate surface area is 169 Å². The van der Waals surface area contributed by atoms with Crippen molar-refractivity contribution in [2.75, 3.05) is 24.9 Å². The lowest BCUT2D eigenvalue weighted by atomic mass is 10.0. The number of amides is 1. The Bertz CT molecular complexity index is 972. The first-order valence-corrected chi connectivity index (χ1v) is 9.15. The van der Waals surface area contributed by atoms with E-state index in [0.717, 1.165) is 28.3 Å². The fourth-order valence-electron chi connectivity index (χ4n) is 2.89. The molecule has 0 radical (unpaired) electrons. The molecule has 6 heteroatoms. The van der Waals surface area contributed by atoms with Gasteiger partial charge < -0.3 is 20.1 Å². The zero-order valence-corrected chi connectivity index (χ0v) is 16.5. The molecule has 3 rings (SSSR count). The predicted octanol–water partition coefficient (Wildman–Crippen LogP) is 4.95. The maximum absolute atomic E-state index is 13.0. The summed E-state index contributed by atoms with van der Waals surface area (Å²) in [7, 11) is 3.24. The zero-order chi connectivity index (χ0) is 20.8. The van der Waals surface area contributed by atoms with Crippen molar-refractivity contribution in [1.82, 2.24) is 0 Å². The molecule has 0 unspecified atom stereocenters. The minimum absolute atomic E-state index is 0.224. The van der Waals surface area contributed by atoms with Crippen molar-refractivity contribution in [1.29, 1.82) is 0 Å². The van der Waals surface area contributed by atoms with Gasteiger partial charge in [-0.15, -0.1) is 0 Å². The minimum atomic E-state index is -0.503. The molecule has 0 aliphatic rings. The smallest absolute Gasteiger partial charge is 0.246 e. The van der Waals surface area contributed by atoms with Gasteiger partial charge in [-0.1, -0.05) is 12.1 Å². The first kappa shape index (κ1) is 20.2. The number of rotatable bonds is 7. The van der Waals surface area contributed by atoms with E-state index in [-0.39, 0.29) is 11.7 Å². The Morgan fingerprint density at radius 1 is 0.897 bits per heavy atom. The quantitative estimate of drug-likeness (QED) is 0.595. The second kappa shape index (κ2) is 9.10. The summed E-state index contributed by atoms with van der Waals surface area (Å²) in [5.41, 5.74) is 3.18. The number of hydrogen-bond acceptors (Lipinski definition) is 4. The number of ether oxygens (including phenoxy) is 2. The number of methoxy groups -OCH3 is 2. The molecular weight excluding hydrogens is 371 g/mol. The molecule has 3 aromatic carbocycles. The first-order valence-electron chi connectivity index (χ1n) is 9.15. The van der Waals surface area contributed by atoms with Crippen molar-refractivity contribution >= 4 is 17.3 Å². The van der Waals surface area contributed by atoms with Gasteiger partial charge in [-0.2, -0.15) is 0 Å². The maximum atomic E-state index is 13.0. The van der Waals surface area contributed by atoms with Crippen LogP contribution in [0.15, 0.2) is 66.7 Å². The molecule has 0 bridgehead atoms. The molecule has 2 N–H and O–H groups in total. The van der Waals surface area contributed by atoms with E-state index in [1.807, 2.05) is 42.5 Å². The number of anilines is 2. The summed E-state index contributed by atoms with van der Waals surface area (Å²) < 4.78 is 23.7. The van der Waals surface area contributed by atoms with E-state index >= 15 is 0 Å². The number of benzene rings is 3. The van der Waals surface area contributed by atoms with Crippen molar-refractivity contribution in [3.63, 3.8) is 0 Å². The van der Waals surface area contributed by atoms with Gasteiger partial charge in [0, 0.05) is 16.9 Å². The molecule has 0 saturated heterocycles. The molecule has 5 nitrogen and oxygen atoms in total. The predicted molar refractivity (Wildman–Crippen MR) is 113 cm³/mol. The van der Waals surface area contributed by atoms with Gasteiger partial charge in [0.15, 0.2) is 0 Å². The highest BCUT2D eigenvalue weighted by atomic mass is 19.1. The van der Waals surface area contributed by atoms with Crippen LogP contribution >= 0.6 is 0 Å². The number of carbonyl (C=O) groups is 1. The van der Waals surface area contributed by atoms with E-state index in [2.05, 4.69) is 10.6 Å². The molecule has 0 spiro atoms. The summed E-state index contributed by atoms with van der Waals surface area (Å²) in [5, 5.41) is 5.95. The van der Waals surface area contributed by atoms with Crippen LogP contribution in [-0.2, 0) is 4.79 Å². The van der Waals surface area contributed by atoms with Crippen LogP contribution in [0, 0.1) is 5.82 Å². The van der Waals surface area contributed by atoms with E-state index in [0.29, 0.717) is 5.69 Å². The third-order valence-electron chi connectivity index (χ3n) is 4.49. The molecule has 0 heterocycles. The summed E-state index contributed by atoms with van der Waals surface area (Å²) in [6.45, 7) is 1.76. The average molecular weight is 394 g/mol. The normalized spacial score (nSPS) is 11.4. The summed E-state index contributed by atoms with van der Waals surface area (Å²) in [5.74, 6) is 0.925. The molecule has 0 aliphatic carbocycles. The molecular formula is C23H23FN2O3. The molecule has 0 aliphatic heterocycles. The summed E-state index contributed by atoms with van der Waals surface area (Å²) >= 11 is 0. The fourth-order valence-corrected chi connectivity index (χ4v) is 2.89. The van der Waals surface area contributed by atoms with Gasteiger partial charge in [-0.25, -0.2) is 4.39 Å². The van der Waals surface area contributed by atoms with Crippen LogP contribution in [0.3, 0.4) is 0 Å². The van der Waals surface area contributed by atoms with Crippen LogP contribution in [-0.4, -0.2) is 26.2 Å². The Morgan fingerprint density at radius 3 is 2.17 bits per heavy atom. The second-order valence-corrected chi connectivity index (χ2v) is 6.51. The minimum Gasteiger partial charge on any atom is -0.497 e. The first-order chi connectivity index (χ1) is 14.0. The van der Waals surface area contributed by atoms with Crippen LogP contribution < -0.4 is 20.1 Å². The Hall–Kier alpha value is -3.54. The van der Waals surface area contributed by atoms with Crippen molar-refractivity contribution < 1.29 is 18.7 Å². The molecule has 150 valence electrons. The van der Waals surface area contributed by atoms with Crippen molar-refractivity contribution in [2.24, 2.45) is 0 Å². The lowest BCUT2D eigenvalue weighted by Crippen LogP contribution is -2.31. The van der Waals surface area contributed by atoms with Crippen LogP contribution in [0.2, 0.25) is 0 Å². The number of carbonyl (C=O) groups excluding carboxylic acids is 1. The SMILES string of the molecule is COc1ccc(-c2cc(N[C@H](C)C(=O)Nc3ccc(F)cc3)ccc2OC)cc1. The van der Waals surface area contributed by atoms with Gasteiger partial charge in [0.05, 0.1) is 14.2 Å². The van der Waals surface area contributed by atoms with Crippen LogP contribution in [0.25, 0.3) is 11.1 Å². The maximum Gasteiger partial charge on any atom is 0.246 e. The molecule has 0 aromatic heterocycles. The van der Waals surface area contributed by atoms with Gasteiger partial charge >= 0.3 is 0 Å². The highest BCUT2D eigenvalue weighted by Gasteiger charge is 2.15. The summed E-state index contributed by atoms with van der Waals surface area (Å²) in [4.78, 5) is 12.4. The standard InChI is InChI=1S/C23H23FN2O3/c1-15(23(27)26-18-8-6-17(24)7-9-18)25-19-10-13-22(29-3)21(14-19)16-4-11-20(28-2)12-5-16/h4-15,25H,1-3H3,(H,26,27)/t15-/m1/s1. The topological polar surface area (TPSA) is 59.6 Å².